The molecule has 3 heterocycles. The van der Waals surface area contributed by atoms with Gasteiger partial charge in [-0.2, -0.15) is 31.4 Å². The molecule has 0 saturated carbocycles. The molecule has 1 aromatic carbocycles. The van der Waals surface area contributed by atoms with E-state index < -0.39 is 59.1 Å². The van der Waals surface area contributed by atoms with Crippen LogP contribution >= 0.6 is 0 Å². The lowest BCUT2D eigenvalue weighted by Gasteiger charge is -2.47. The first-order valence-corrected chi connectivity index (χ1v) is 16.3. The molecule has 1 N–H and O–H groups in total. The summed E-state index contributed by atoms with van der Waals surface area (Å²) in [6.45, 7) is 7.00. The Morgan fingerprint density at radius 1 is 0.920 bits per heavy atom. The molecular formula is C34H42F6N6O4. The van der Waals surface area contributed by atoms with Crippen LogP contribution < -0.4 is 4.90 Å². The molecule has 0 spiro atoms. The van der Waals surface area contributed by atoms with E-state index in [0.29, 0.717) is 55.4 Å². The Morgan fingerprint density at radius 3 is 1.94 bits per heavy atom. The number of piperidine rings is 1. The monoisotopic (exact) mass is 712 g/mol. The zero-order valence-corrected chi connectivity index (χ0v) is 28.6. The minimum absolute atomic E-state index is 0.00770. The molecule has 0 radical (unpaired) electrons. The van der Waals surface area contributed by atoms with Gasteiger partial charge in [-0.3, -0.25) is 9.48 Å². The number of carbonyl (C=O) groups is 2. The average molecular weight is 713 g/mol. The molecular weight excluding hydrogens is 670 g/mol. The van der Waals surface area contributed by atoms with Crippen LogP contribution in [0.3, 0.4) is 0 Å². The van der Waals surface area contributed by atoms with Gasteiger partial charge in [-0.1, -0.05) is 27.7 Å². The van der Waals surface area contributed by atoms with Crippen molar-refractivity contribution in [2.75, 3.05) is 11.5 Å². The second-order valence-electron chi connectivity index (χ2n) is 13.5. The first kappa shape index (κ1) is 38.4. The van der Waals surface area contributed by atoms with E-state index in [-0.39, 0.29) is 37.2 Å². The van der Waals surface area contributed by atoms with E-state index >= 15 is 0 Å². The quantitative estimate of drug-likeness (QED) is 0.188. The van der Waals surface area contributed by atoms with Crippen LogP contribution in [0.5, 0.6) is 0 Å². The third-order valence-electron chi connectivity index (χ3n) is 9.00. The Kier molecular flexibility index (Phi) is 11.7. The zero-order chi connectivity index (χ0) is 37.0. The Labute approximate surface area is 286 Å². The van der Waals surface area contributed by atoms with E-state index in [4.69, 9.17) is 9.84 Å². The van der Waals surface area contributed by atoms with Crippen molar-refractivity contribution >= 4 is 18.0 Å². The summed E-state index contributed by atoms with van der Waals surface area (Å²) < 4.78 is 90.1. The number of hydrogen-bond acceptors (Lipinski definition) is 7. The summed E-state index contributed by atoms with van der Waals surface area (Å²) >= 11 is 0. The van der Waals surface area contributed by atoms with Crippen LogP contribution in [0.25, 0.3) is 11.1 Å². The van der Waals surface area contributed by atoms with E-state index in [9.17, 15) is 35.9 Å². The van der Waals surface area contributed by atoms with E-state index in [2.05, 4.69) is 15.1 Å². The Balaban J connectivity index is 1.69. The fourth-order valence-corrected chi connectivity index (χ4v) is 6.24. The summed E-state index contributed by atoms with van der Waals surface area (Å²) in [6, 6.07) is 0.253. The van der Waals surface area contributed by atoms with Gasteiger partial charge in [-0.15, -0.1) is 0 Å². The molecule has 4 rings (SSSR count). The second-order valence-corrected chi connectivity index (χ2v) is 13.5. The number of aromatic nitrogens is 4. The number of aliphatic carboxylic acids is 1. The van der Waals surface area contributed by atoms with Crippen molar-refractivity contribution in [2.45, 2.75) is 103 Å². The molecule has 0 bridgehead atoms. The summed E-state index contributed by atoms with van der Waals surface area (Å²) in [5.41, 5.74) is -2.32. The first-order chi connectivity index (χ1) is 23.3. The highest BCUT2D eigenvalue weighted by molar-refractivity contribution is 5.69. The van der Waals surface area contributed by atoms with Crippen molar-refractivity contribution in [3.63, 3.8) is 0 Å². The maximum absolute atomic E-state index is 13.8. The van der Waals surface area contributed by atoms with Crippen LogP contribution in [0, 0.1) is 5.41 Å². The molecule has 274 valence electrons. The highest BCUT2D eigenvalue weighted by Gasteiger charge is 2.42. The average Bonchev–Trinajstić information content (AvgIpc) is 3.49. The number of ether oxygens (including phenoxy) is 1. The lowest BCUT2D eigenvalue weighted by molar-refractivity contribution is -0.143. The summed E-state index contributed by atoms with van der Waals surface area (Å²) in [6.07, 6.45) is -2.40. The number of carboxylic acids is 1. The maximum Gasteiger partial charge on any atom is 0.416 e. The summed E-state index contributed by atoms with van der Waals surface area (Å²) in [5.74, 6) is -0.849. The number of rotatable bonds is 12. The van der Waals surface area contributed by atoms with Gasteiger partial charge in [0.15, 0.2) is 0 Å². The molecule has 2 aromatic heterocycles. The molecule has 0 aliphatic carbocycles. The number of carboxylic acid groups (broad SMARTS) is 1. The number of halogens is 6. The van der Waals surface area contributed by atoms with Crippen LogP contribution in [-0.2, 0) is 35.5 Å². The Morgan fingerprint density at radius 2 is 1.48 bits per heavy atom. The SMILES string of the molecule is CC[C@@H]1C[C@H](N(Cc2cc(C(F)(F)F)cc(C(F)(F)F)c2)c2ncc(-c3cnn(C)c3)cn2)C[C@H](CC)N1C(=O)OCC(C)(C)CCC(=O)O. The minimum atomic E-state index is -5.02. The van der Waals surface area contributed by atoms with Crippen molar-refractivity contribution in [1.29, 1.82) is 0 Å². The maximum atomic E-state index is 13.8. The van der Waals surface area contributed by atoms with Gasteiger partial charge >= 0.3 is 24.4 Å². The number of nitrogens with zero attached hydrogens (tertiary/aromatic N) is 6. The molecule has 10 nitrogen and oxygen atoms in total. The fourth-order valence-electron chi connectivity index (χ4n) is 6.24. The smallest absolute Gasteiger partial charge is 0.416 e. The molecule has 1 saturated heterocycles. The van der Waals surface area contributed by atoms with Crippen molar-refractivity contribution < 1.29 is 45.8 Å². The molecule has 16 heteroatoms. The number of alkyl halides is 6. The molecule has 3 atom stereocenters. The molecule has 3 aromatic rings. The van der Waals surface area contributed by atoms with Crippen LogP contribution in [0.4, 0.5) is 37.1 Å². The molecule has 1 amide bonds. The summed E-state index contributed by atoms with van der Waals surface area (Å²) in [7, 11) is 1.74. The number of aryl methyl sites for hydroxylation is 1. The van der Waals surface area contributed by atoms with E-state index in [0.717, 1.165) is 0 Å². The molecule has 1 aliphatic heterocycles. The summed E-state index contributed by atoms with van der Waals surface area (Å²) in [4.78, 5) is 36.9. The minimum Gasteiger partial charge on any atom is -0.481 e. The molecule has 1 fully saturated rings. The van der Waals surface area contributed by atoms with Gasteiger partial charge in [0, 0.05) is 67.9 Å². The summed E-state index contributed by atoms with van der Waals surface area (Å²) in [5, 5.41) is 13.2. The Hall–Kier alpha value is -4.37. The van der Waals surface area contributed by atoms with Crippen molar-refractivity contribution in [2.24, 2.45) is 12.5 Å². The first-order valence-electron chi connectivity index (χ1n) is 16.3. The van der Waals surface area contributed by atoms with Gasteiger partial charge in [-0.05, 0) is 61.3 Å². The molecule has 1 aliphatic rings. The number of benzene rings is 1. The molecule has 50 heavy (non-hydrogen) atoms. The van der Waals surface area contributed by atoms with Gasteiger partial charge in [-0.25, -0.2) is 14.8 Å². The van der Waals surface area contributed by atoms with E-state index in [1.165, 1.54) is 12.4 Å². The standard InChI is InChI=1S/C34H42F6N6O4/c1-6-26-13-28(14-27(7-2)46(26)31(49)50-20-32(3,4)9-8-29(47)48)45(30-41-15-22(16-42-30)23-17-43-44(5)19-23)18-21-10-24(33(35,36)37)12-25(11-21)34(38,39)40/h10-12,15-17,19,26-28H,6-9,13-14,18,20H2,1-5H3,(H,47,48)/t26-,27+,28+. The lowest BCUT2D eigenvalue weighted by Crippen LogP contribution is -2.57. The fraction of sp³-hybridized carbons (Fsp3) is 0.559. The number of likely N-dealkylation sites (tertiary alicyclic amines) is 1. The highest BCUT2D eigenvalue weighted by Crippen LogP contribution is 2.38. The van der Waals surface area contributed by atoms with Crippen molar-refractivity contribution in [3.05, 3.63) is 59.7 Å². The zero-order valence-electron chi connectivity index (χ0n) is 28.6. The number of amides is 1. The van der Waals surface area contributed by atoms with Gasteiger partial charge in [0.05, 0.1) is 23.9 Å². The third-order valence-corrected chi connectivity index (χ3v) is 9.00. The number of carbonyl (C=O) groups excluding carboxylic acids is 1. The predicted molar refractivity (Wildman–Crippen MR) is 172 cm³/mol. The van der Waals surface area contributed by atoms with E-state index in [1.54, 1.807) is 47.8 Å². The topological polar surface area (TPSA) is 114 Å². The van der Waals surface area contributed by atoms with Crippen LogP contribution in [-0.4, -0.2) is 66.5 Å². The highest BCUT2D eigenvalue weighted by atomic mass is 19.4. The predicted octanol–water partition coefficient (Wildman–Crippen LogP) is 7.97. The largest absolute Gasteiger partial charge is 0.481 e. The van der Waals surface area contributed by atoms with Gasteiger partial charge < -0.3 is 19.6 Å². The van der Waals surface area contributed by atoms with Gasteiger partial charge in [0.1, 0.15) is 0 Å². The Bertz CT molecular complexity index is 1580. The number of anilines is 1. The van der Waals surface area contributed by atoms with Crippen LogP contribution in [0.1, 0.15) is 82.9 Å². The van der Waals surface area contributed by atoms with E-state index in [1.807, 2.05) is 13.8 Å². The van der Waals surface area contributed by atoms with Gasteiger partial charge in [0.25, 0.3) is 0 Å². The van der Waals surface area contributed by atoms with Crippen LogP contribution in [0.2, 0.25) is 0 Å². The molecule has 0 unspecified atom stereocenters. The van der Waals surface area contributed by atoms with Gasteiger partial charge in [0.2, 0.25) is 5.95 Å². The van der Waals surface area contributed by atoms with Crippen LogP contribution in [0.15, 0.2) is 43.0 Å². The normalized spacial score (nSPS) is 18.6. The van der Waals surface area contributed by atoms with Crippen molar-refractivity contribution in [3.8, 4) is 11.1 Å². The van der Waals surface area contributed by atoms with Crippen molar-refractivity contribution in [1.82, 2.24) is 24.6 Å². The third kappa shape index (κ3) is 9.65. The lowest BCUT2D eigenvalue weighted by atomic mass is 9.87. The number of hydrogen-bond donors (Lipinski definition) is 1. The second kappa shape index (κ2) is 15.3.